The number of ether oxygens (including phenoxy) is 2. The molecule has 1 aliphatic carbocycles. The van der Waals surface area contributed by atoms with Crippen LogP contribution in [0.4, 0.5) is 0 Å². The van der Waals surface area contributed by atoms with E-state index in [0.29, 0.717) is 19.4 Å². The van der Waals surface area contributed by atoms with Crippen LogP contribution in [0.2, 0.25) is 0 Å². The number of imide groups is 1. The molecule has 6 heteroatoms. The van der Waals surface area contributed by atoms with Gasteiger partial charge in [-0.2, -0.15) is 0 Å². The van der Waals surface area contributed by atoms with E-state index in [2.05, 4.69) is 0 Å². The van der Waals surface area contributed by atoms with E-state index in [0.717, 1.165) is 24.8 Å². The molecule has 1 aliphatic heterocycles. The van der Waals surface area contributed by atoms with Crippen LogP contribution >= 0.6 is 0 Å². The van der Waals surface area contributed by atoms with Gasteiger partial charge in [-0.25, -0.2) is 4.90 Å². The number of amides is 2. The van der Waals surface area contributed by atoms with Gasteiger partial charge in [0.1, 0.15) is 0 Å². The second-order valence-electron chi connectivity index (χ2n) is 6.65. The quantitative estimate of drug-likeness (QED) is 0.606. The van der Waals surface area contributed by atoms with Crippen molar-refractivity contribution in [2.75, 3.05) is 0 Å². The van der Waals surface area contributed by atoms with E-state index < -0.39 is 23.7 Å². The summed E-state index contributed by atoms with van der Waals surface area (Å²) in [6, 6.07) is 9.68. The molecule has 6 nitrogen and oxygen atoms in total. The summed E-state index contributed by atoms with van der Waals surface area (Å²) in [5.41, 5.74) is 0.0556. The molecule has 134 valence electrons. The Morgan fingerprint density at radius 3 is 2.48 bits per heavy atom. The van der Waals surface area contributed by atoms with Gasteiger partial charge in [-0.15, -0.1) is 0 Å². The number of carbonyl (C=O) groups is 3. The van der Waals surface area contributed by atoms with Crippen LogP contribution in [0.3, 0.4) is 0 Å². The van der Waals surface area contributed by atoms with E-state index >= 15 is 0 Å². The Morgan fingerprint density at radius 2 is 1.84 bits per heavy atom. The predicted molar refractivity (Wildman–Crippen MR) is 89.1 cm³/mol. The molecule has 1 saturated carbocycles. The maximum absolute atomic E-state index is 12.7. The maximum atomic E-state index is 12.7. The van der Waals surface area contributed by atoms with Gasteiger partial charge < -0.3 is 9.47 Å². The van der Waals surface area contributed by atoms with E-state index in [-0.39, 0.29) is 12.3 Å². The molecule has 1 aromatic rings. The minimum Gasteiger partial charge on any atom is -0.452 e. The molecule has 1 saturated heterocycles. The highest BCUT2D eigenvalue weighted by Crippen LogP contribution is 2.39. The SMILES string of the molecule is CC(=O)O[C@@H]1CC(=O)N(C2(OCc3ccccc3)CCCCC2)C1=O. The normalized spacial score (nSPS) is 22.9. The zero-order valence-corrected chi connectivity index (χ0v) is 14.4. The molecule has 1 aromatic carbocycles. The summed E-state index contributed by atoms with van der Waals surface area (Å²) in [6.07, 6.45) is 2.95. The van der Waals surface area contributed by atoms with Crippen molar-refractivity contribution in [1.82, 2.24) is 4.90 Å². The van der Waals surface area contributed by atoms with Crippen molar-refractivity contribution in [3.05, 3.63) is 35.9 Å². The van der Waals surface area contributed by atoms with Crippen molar-refractivity contribution in [1.29, 1.82) is 0 Å². The molecule has 0 radical (unpaired) electrons. The molecule has 0 unspecified atom stereocenters. The Kier molecular flexibility index (Phi) is 5.18. The number of carbonyl (C=O) groups excluding carboxylic acids is 3. The zero-order chi connectivity index (χ0) is 17.9. The maximum Gasteiger partial charge on any atom is 0.303 e. The van der Waals surface area contributed by atoms with Crippen molar-refractivity contribution in [2.24, 2.45) is 0 Å². The van der Waals surface area contributed by atoms with Crippen LogP contribution < -0.4 is 0 Å². The first-order valence-corrected chi connectivity index (χ1v) is 8.74. The van der Waals surface area contributed by atoms with Crippen LogP contribution in [0.1, 0.15) is 51.0 Å². The van der Waals surface area contributed by atoms with Crippen LogP contribution in [0.15, 0.2) is 30.3 Å². The van der Waals surface area contributed by atoms with Gasteiger partial charge in [0.15, 0.2) is 11.8 Å². The van der Waals surface area contributed by atoms with Gasteiger partial charge in [-0.3, -0.25) is 14.4 Å². The topological polar surface area (TPSA) is 72.9 Å². The van der Waals surface area contributed by atoms with Gasteiger partial charge >= 0.3 is 5.97 Å². The van der Waals surface area contributed by atoms with Crippen molar-refractivity contribution in [3.8, 4) is 0 Å². The number of nitrogens with zero attached hydrogens (tertiary/aromatic N) is 1. The summed E-state index contributed by atoms with van der Waals surface area (Å²) in [6.45, 7) is 1.57. The van der Waals surface area contributed by atoms with Gasteiger partial charge in [0.2, 0.25) is 5.91 Å². The average molecular weight is 345 g/mol. The highest BCUT2D eigenvalue weighted by Gasteiger charge is 2.52. The molecule has 3 rings (SSSR count). The predicted octanol–water partition coefficient (Wildman–Crippen LogP) is 2.55. The molecule has 2 amide bonds. The lowest BCUT2D eigenvalue weighted by molar-refractivity contribution is -0.195. The van der Waals surface area contributed by atoms with Gasteiger partial charge in [0.05, 0.1) is 13.0 Å². The third kappa shape index (κ3) is 3.74. The van der Waals surface area contributed by atoms with Crippen LogP contribution in [0.25, 0.3) is 0 Å². The Balaban J connectivity index is 1.81. The third-order valence-corrected chi connectivity index (χ3v) is 4.81. The standard InChI is InChI=1S/C19H23NO5/c1-14(21)25-16-12-17(22)20(18(16)23)19(10-6-3-7-11-19)24-13-15-8-4-2-5-9-15/h2,4-5,8-9,16H,3,6-7,10-13H2,1H3/t16-/m1/s1. The number of esters is 1. The Hall–Kier alpha value is -2.21. The summed E-state index contributed by atoms with van der Waals surface area (Å²) < 4.78 is 11.2. The fourth-order valence-corrected chi connectivity index (χ4v) is 3.65. The van der Waals surface area contributed by atoms with Crippen LogP contribution in [-0.4, -0.2) is 34.5 Å². The van der Waals surface area contributed by atoms with Gasteiger partial charge in [-0.1, -0.05) is 36.8 Å². The van der Waals surface area contributed by atoms with E-state index in [1.807, 2.05) is 30.3 Å². The average Bonchev–Trinajstić information content (AvgIpc) is 2.88. The number of benzene rings is 1. The summed E-state index contributed by atoms with van der Waals surface area (Å²) in [5.74, 6) is -1.35. The lowest BCUT2D eigenvalue weighted by Gasteiger charge is -2.43. The van der Waals surface area contributed by atoms with Crippen molar-refractivity contribution in [2.45, 2.75) is 63.9 Å². The van der Waals surface area contributed by atoms with Crippen LogP contribution in [-0.2, 0) is 30.5 Å². The molecule has 0 spiro atoms. The minimum absolute atomic E-state index is 0.102. The Bertz CT molecular complexity index is 651. The third-order valence-electron chi connectivity index (χ3n) is 4.81. The van der Waals surface area contributed by atoms with Crippen molar-refractivity contribution >= 4 is 17.8 Å². The smallest absolute Gasteiger partial charge is 0.303 e. The summed E-state index contributed by atoms with van der Waals surface area (Å²) in [5, 5.41) is 0. The number of rotatable bonds is 5. The van der Waals surface area contributed by atoms with Crippen LogP contribution in [0, 0.1) is 0 Å². The van der Waals surface area contributed by atoms with Crippen LogP contribution in [0.5, 0.6) is 0 Å². The highest BCUT2D eigenvalue weighted by molar-refractivity contribution is 6.06. The fraction of sp³-hybridized carbons (Fsp3) is 0.526. The number of likely N-dealkylation sites (tertiary alicyclic amines) is 1. The number of hydrogen-bond acceptors (Lipinski definition) is 5. The van der Waals surface area contributed by atoms with E-state index in [1.165, 1.54) is 11.8 Å². The molecule has 0 bridgehead atoms. The Morgan fingerprint density at radius 1 is 1.16 bits per heavy atom. The molecular weight excluding hydrogens is 322 g/mol. The molecular formula is C19H23NO5. The van der Waals surface area contributed by atoms with Crippen molar-refractivity contribution in [3.63, 3.8) is 0 Å². The second kappa shape index (κ2) is 7.35. The monoisotopic (exact) mass is 345 g/mol. The van der Waals surface area contributed by atoms with Gasteiger partial charge in [0, 0.05) is 6.92 Å². The van der Waals surface area contributed by atoms with E-state index in [1.54, 1.807) is 0 Å². The highest BCUT2D eigenvalue weighted by atomic mass is 16.6. The summed E-state index contributed by atoms with van der Waals surface area (Å²) in [4.78, 5) is 37.7. The first-order chi connectivity index (χ1) is 12.0. The molecule has 1 atom stereocenters. The van der Waals surface area contributed by atoms with E-state index in [4.69, 9.17) is 9.47 Å². The molecule has 0 N–H and O–H groups in total. The molecule has 0 aromatic heterocycles. The fourth-order valence-electron chi connectivity index (χ4n) is 3.65. The second-order valence-corrected chi connectivity index (χ2v) is 6.65. The first kappa shape index (κ1) is 17.6. The lowest BCUT2D eigenvalue weighted by Crippen LogP contribution is -2.55. The lowest BCUT2D eigenvalue weighted by atomic mass is 9.90. The molecule has 2 fully saturated rings. The molecule has 2 aliphatic rings. The van der Waals surface area contributed by atoms with Crippen molar-refractivity contribution < 1.29 is 23.9 Å². The molecule has 25 heavy (non-hydrogen) atoms. The van der Waals surface area contributed by atoms with E-state index in [9.17, 15) is 14.4 Å². The summed E-state index contributed by atoms with van der Waals surface area (Å²) >= 11 is 0. The van der Waals surface area contributed by atoms with Gasteiger partial charge in [-0.05, 0) is 31.2 Å². The zero-order valence-electron chi connectivity index (χ0n) is 14.4. The molecule has 1 heterocycles. The first-order valence-electron chi connectivity index (χ1n) is 8.74. The Labute approximate surface area is 147 Å². The van der Waals surface area contributed by atoms with Gasteiger partial charge in [0.25, 0.3) is 5.91 Å². The summed E-state index contributed by atoms with van der Waals surface area (Å²) in [7, 11) is 0. The largest absolute Gasteiger partial charge is 0.452 e. The minimum atomic E-state index is -1.02. The number of hydrogen-bond donors (Lipinski definition) is 0.